The minimum absolute atomic E-state index is 0.0686. The fourth-order valence-electron chi connectivity index (χ4n) is 1.22. The second-order valence-corrected chi connectivity index (χ2v) is 3.84. The molecule has 0 aliphatic heterocycles. The van der Waals surface area contributed by atoms with Gasteiger partial charge in [-0.2, -0.15) is 5.26 Å². The Morgan fingerprint density at radius 3 is 2.67 bits per heavy atom. The lowest BCUT2D eigenvalue weighted by atomic mass is 9.87. The first-order chi connectivity index (χ1) is 5.55. The van der Waals surface area contributed by atoms with Gasteiger partial charge in [0.15, 0.2) is 0 Å². The molecule has 0 fully saturated rings. The van der Waals surface area contributed by atoms with E-state index >= 15 is 0 Å². The molecule has 1 aromatic rings. The zero-order chi connectivity index (χ0) is 9.19. The summed E-state index contributed by atoms with van der Waals surface area (Å²) in [6.45, 7) is 6.33. The lowest BCUT2D eigenvalue weighted by Crippen LogP contribution is -2.11. The molecule has 0 atom stereocenters. The van der Waals surface area contributed by atoms with E-state index < -0.39 is 0 Å². The Morgan fingerprint density at radius 1 is 1.50 bits per heavy atom. The van der Waals surface area contributed by atoms with Crippen LogP contribution in [0.5, 0.6) is 0 Å². The van der Waals surface area contributed by atoms with Crippen molar-refractivity contribution >= 4 is 0 Å². The van der Waals surface area contributed by atoms with Crippen molar-refractivity contribution in [2.24, 2.45) is 0 Å². The van der Waals surface area contributed by atoms with Crippen LogP contribution in [0.25, 0.3) is 0 Å². The van der Waals surface area contributed by atoms with Gasteiger partial charge >= 0.3 is 0 Å². The zero-order valence-electron chi connectivity index (χ0n) is 7.72. The molecule has 0 aliphatic rings. The van der Waals surface area contributed by atoms with Crippen LogP contribution >= 0.6 is 0 Å². The molecule has 1 rings (SSSR count). The lowest BCUT2D eigenvalue weighted by Gasteiger charge is -2.17. The van der Waals surface area contributed by atoms with Gasteiger partial charge in [-0.25, -0.2) is 0 Å². The van der Waals surface area contributed by atoms with Gasteiger partial charge in [-0.15, -0.1) is 0 Å². The maximum Gasteiger partial charge on any atom is 0.121 e. The third kappa shape index (κ3) is 1.68. The summed E-state index contributed by atoms with van der Waals surface area (Å²) in [7, 11) is 0. The van der Waals surface area contributed by atoms with Gasteiger partial charge in [-0.05, 0) is 17.0 Å². The van der Waals surface area contributed by atoms with Crippen LogP contribution < -0.4 is 0 Å². The van der Waals surface area contributed by atoms with Crippen LogP contribution in [0, 0.1) is 11.3 Å². The Kier molecular flexibility index (Phi) is 2.23. The average Bonchev–Trinajstić information content (AvgIpc) is 2.34. The van der Waals surface area contributed by atoms with Crippen molar-refractivity contribution in [3.05, 3.63) is 23.7 Å². The van der Waals surface area contributed by atoms with Crippen molar-refractivity contribution in [3.8, 4) is 6.07 Å². The molecule has 0 bridgehead atoms. The van der Waals surface area contributed by atoms with Crippen molar-refractivity contribution in [2.75, 3.05) is 0 Å². The molecule has 1 heterocycles. The normalized spacial score (nSPS) is 11.2. The van der Waals surface area contributed by atoms with E-state index in [4.69, 9.17) is 9.68 Å². The Labute approximate surface area is 72.8 Å². The summed E-state index contributed by atoms with van der Waals surface area (Å²) in [6.07, 6.45) is 2.01. The molecule has 0 amide bonds. The van der Waals surface area contributed by atoms with Gasteiger partial charge in [0.1, 0.15) is 5.76 Å². The monoisotopic (exact) mass is 163 g/mol. The van der Waals surface area contributed by atoms with Gasteiger partial charge in [-0.3, -0.25) is 0 Å². The van der Waals surface area contributed by atoms with Crippen LogP contribution in [0.1, 0.15) is 32.1 Å². The molecule has 2 nitrogen and oxygen atoms in total. The molecule has 0 saturated heterocycles. The Balaban J connectivity index is 3.01. The molecule has 0 aromatic carbocycles. The van der Waals surface area contributed by atoms with E-state index in [1.54, 1.807) is 6.26 Å². The van der Waals surface area contributed by atoms with E-state index in [2.05, 4.69) is 26.8 Å². The molecule has 64 valence electrons. The molecular weight excluding hydrogens is 150 g/mol. The van der Waals surface area contributed by atoms with E-state index in [1.807, 2.05) is 6.07 Å². The highest BCUT2D eigenvalue weighted by molar-refractivity contribution is 5.26. The van der Waals surface area contributed by atoms with Gasteiger partial charge in [-0.1, -0.05) is 20.8 Å². The molecule has 0 N–H and O–H groups in total. The van der Waals surface area contributed by atoms with Gasteiger partial charge in [0.25, 0.3) is 0 Å². The summed E-state index contributed by atoms with van der Waals surface area (Å²) in [5.41, 5.74) is 1.20. The van der Waals surface area contributed by atoms with E-state index in [1.165, 1.54) is 0 Å². The highest BCUT2D eigenvalue weighted by Gasteiger charge is 2.19. The molecule has 0 radical (unpaired) electrons. The first-order valence-electron chi connectivity index (χ1n) is 3.99. The van der Waals surface area contributed by atoms with E-state index in [-0.39, 0.29) is 5.41 Å². The SMILES string of the molecule is CC(C)(C)c1ccoc1CC#N. The molecule has 0 aliphatic carbocycles. The standard InChI is InChI=1S/C10H13NO/c1-10(2,3)8-5-7-12-9(8)4-6-11/h5,7H,4H2,1-3H3. The van der Waals surface area contributed by atoms with Crippen LogP contribution in [0.4, 0.5) is 0 Å². The smallest absolute Gasteiger partial charge is 0.121 e. The molecular formula is C10H13NO. The van der Waals surface area contributed by atoms with Crippen LogP contribution in [0.3, 0.4) is 0 Å². The van der Waals surface area contributed by atoms with Gasteiger partial charge in [0.05, 0.1) is 18.8 Å². The van der Waals surface area contributed by atoms with Crippen molar-refractivity contribution in [2.45, 2.75) is 32.6 Å². The summed E-state index contributed by atoms with van der Waals surface area (Å²) in [5, 5.41) is 8.52. The molecule has 0 unspecified atom stereocenters. The highest BCUT2D eigenvalue weighted by atomic mass is 16.3. The maximum atomic E-state index is 8.52. The molecule has 1 aromatic heterocycles. The minimum atomic E-state index is 0.0686. The van der Waals surface area contributed by atoms with Crippen LogP contribution in [-0.2, 0) is 11.8 Å². The van der Waals surface area contributed by atoms with Crippen molar-refractivity contribution < 1.29 is 4.42 Å². The Hall–Kier alpha value is -1.23. The molecule has 2 heteroatoms. The van der Waals surface area contributed by atoms with Crippen LogP contribution in [-0.4, -0.2) is 0 Å². The number of nitrogens with zero attached hydrogens (tertiary/aromatic N) is 1. The second kappa shape index (κ2) is 3.02. The fraction of sp³-hybridized carbons (Fsp3) is 0.500. The first-order valence-corrected chi connectivity index (χ1v) is 3.99. The van der Waals surface area contributed by atoms with Gasteiger partial charge < -0.3 is 4.42 Å². The number of hydrogen-bond donors (Lipinski definition) is 0. The number of hydrogen-bond acceptors (Lipinski definition) is 2. The summed E-state index contributed by atoms with van der Waals surface area (Å²) < 4.78 is 5.21. The van der Waals surface area contributed by atoms with Crippen molar-refractivity contribution in [1.82, 2.24) is 0 Å². The van der Waals surface area contributed by atoms with E-state index in [9.17, 15) is 0 Å². The van der Waals surface area contributed by atoms with Crippen LogP contribution in [0.2, 0.25) is 0 Å². The van der Waals surface area contributed by atoms with Crippen molar-refractivity contribution in [1.29, 1.82) is 5.26 Å². The highest BCUT2D eigenvalue weighted by Crippen LogP contribution is 2.26. The third-order valence-electron chi connectivity index (χ3n) is 1.79. The van der Waals surface area contributed by atoms with Crippen molar-refractivity contribution in [3.63, 3.8) is 0 Å². The predicted molar refractivity (Wildman–Crippen MR) is 46.7 cm³/mol. The first kappa shape index (κ1) is 8.86. The van der Waals surface area contributed by atoms with E-state index in [0.29, 0.717) is 6.42 Å². The molecule has 12 heavy (non-hydrogen) atoms. The number of nitriles is 1. The summed E-state index contributed by atoms with van der Waals surface area (Å²) in [6, 6.07) is 4.03. The predicted octanol–water partition coefficient (Wildman–Crippen LogP) is 2.64. The minimum Gasteiger partial charge on any atom is -0.468 e. The number of rotatable bonds is 1. The Morgan fingerprint density at radius 2 is 2.17 bits per heavy atom. The number of furan rings is 1. The van der Waals surface area contributed by atoms with Gasteiger partial charge in [0.2, 0.25) is 0 Å². The van der Waals surface area contributed by atoms with Gasteiger partial charge in [0, 0.05) is 0 Å². The fourth-order valence-corrected chi connectivity index (χ4v) is 1.22. The molecule has 0 spiro atoms. The zero-order valence-corrected chi connectivity index (χ0v) is 7.72. The summed E-state index contributed by atoms with van der Waals surface area (Å²) in [4.78, 5) is 0. The van der Waals surface area contributed by atoms with Crippen LogP contribution in [0.15, 0.2) is 16.7 Å². The summed E-state index contributed by atoms with van der Waals surface area (Å²) in [5.74, 6) is 0.796. The quantitative estimate of drug-likeness (QED) is 0.638. The topological polar surface area (TPSA) is 36.9 Å². The summed E-state index contributed by atoms with van der Waals surface area (Å²) >= 11 is 0. The lowest BCUT2D eigenvalue weighted by molar-refractivity contribution is 0.497. The molecule has 0 saturated carbocycles. The average molecular weight is 163 g/mol. The van der Waals surface area contributed by atoms with E-state index in [0.717, 1.165) is 11.3 Å². The third-order valence-corrected chi connectivity index (χ3v) is 1.79. The second-order valence-electron chi connectivity index (χ2n) is 3.84. The maximum absolute atomic E-state index is 8.52. The Bertz CT molecular complexity index is 298. The largest absolute Gasteiger partial charge is 0.468 e.